The molecule has 5 nitrogen and oxygen atoms in total. The van der Waals surface area contributed by atoms with E-state index in [0.29, 0.717) is 25.3 Å². The summed E-state index contributed by atoms with van der Waals surface area (Å²) in [7, 11) is 1.78. The van der Waals surface area contributed by atoms with Crippen LogP contribution in [0.2, 0.25) is 0 Å². The van der Waals surface area contributed by atoms with Crippen LogP contribution in [-0.4, -0.2) is 50.4 Å². The van der Waals surface area contributed by atoms with Gasteiger partial charge in [-0.25, -0.2) is 4.39 Å². The molecular weight excluding hydrogens is 395 g/mol. The second kappa shape index (κ2) is 9.90. The molecule has 1 fully saturated rings. The first-order valence-electron chi connectivity index (χ1n) is 11.1. The molecule has 0 radical (unpaired) electrons. The molecule has 6 heteroatoms. The predicted octanol–water partition coefficient (Wildman–Crippen LogP) is 3.84. The van der Waals surface area contributed by atoms with Gasteiger partial charge >= 0.3 is 0 Å². The summed E-state index contributed by atoms with van der Waals surface area (Å²) in [4.78, 5) is 15.1. The molecule has 0 aliphatic carbocycles. The van der Waals surface area contributed by atoms with Crippen molar-refractivity contribution in [3.05, 3.63) is 69.5 Å². The van der Waals surface area contributed by atoms with Crippen LogP contribution in [0.1, 0.15) is 52.4 Å². The van der Waals surface area contributed by atoms with Crippen LogP contribution in [0.25, 0.3) is 0 Å². The van der Waals surface area contributed by atoms with Crippen LogP contribution in [-0.2, 0) is 28.9 Å². The first-order chi connectivity index (χ1) is 15.0. The Balaban J connectivity index is 0.00000289. The molecule has 0 saturated carbocycles. The number of ether oxygens (including phenoxy) is 2. The van der Waals surface area contributed by atoms with Crippen LogP contribution in [0.5, 0.6) is 0 Å². The van der Waals surface area contributed by atoms with Crippen molar-refractivity contribution < 1.29 is 20.1 Å². The normalized spacial score (nSPS) is 18.5. The fourth-order valence-corrected chi connectivity index (χ4v) is 4.45. The Morgan fingerprint density at radius 2 is 2.16 bits per heavy atom. The van der Waals surface area contributed by atoms with Gasteiger partial charge in [-0.05, 0) is 74.0 Å². The number of nitrogens with one attached hydrogen (secondary N) is 1. The SMILES string of the molecule is CNCOCc1ccc(Cc2cc3c(cc2C)CCN(CC2CCCO2)C3=O)cc1F.[HH]. The summed E-state index contributed by atoms with van der Waals surface area (Å²) < 4.78 is 25.6. The molecule has 0 bridgehead atoms. The van der Waals surface area contributed by atoms with Crippen LogP contribution < -0.4 is 5.32 Å². The molecule has 1 N–H and O–H groups in total. The highest BCUT2D eigenvalue weighted by Crippen LogP contribution is 2.26. The maximum Gasteiger partial charge on any atom is 0.254 e. The van der Waals surface area contributed by atoms with Crippen LogP contribution in [0.3, 0.4) is 0 Å². The number of aryl methyl sites for hydroxylation is 1. The quantitative estimate of drug-likeness (QED) is 0.513. The van der Waals surface area contributed by atoms with E-state index in [1.54, 1.807) is 19.2 Å². The lowest BCUT2D eigenvalue weighted by atomic mass is 9.90. The van der Waals surface area contributed by atoms with E-state index in [4.69, 9.17) is 9.47 Å². The van der Waals surface area contributed by atoms with Gasteiger partial charge in [-0.1, -0.05) is 18.2 Å². The van der Waals surface area contributed by atoms with Crippen molar-refractivity contribution >= 4 is 5.91 Å². The lowest BCUT2D eigenvalue weighted by Crippen LogP contribution is -2.42. The predicted molar refractivity (Wildman–Crippen MR) is 120 cm³/mol. The third kappa shape index (κ3) is 5.14. The molecule has 2 aromatic carbocycles. The van der Waals surface area contributed by atoms with Crippen molar-refractivity contribution in [2.45, 2.75) is 45.3 Å². The molecule has 31 heavy (non-hydrogen) atoms. The fourth-order valence-electron chi connectivity index (χ4n) is 4.45. The molecule has 2 aromatic rings. The summed E-state index contributed by atoms with van der Waals surface area (Å²) in [6, 6.07) is 9.43. The van der Waals surface area contributed by atoms with Crippen molar-refractivity contribution in [3.63, 3.8) is 0 Å². The van der Waals surface area contributed by atoms with Crippen LogP contribution in [0.4, 0.5) is 4.39 Å². The van der Waals surface area contributed by atoms with E-state index < -0.39 is 0 Å². The molecule has 0 spiro atoms. The summed E-state index contributed by atoms with van der Waals surface area (Å²) in [5.41, 5.74) is 5.52. The van der Waals surface area contributed by atoms with E-state index >= 15 is 0 Å². The van der Waals surface area contributed by atoms with Crippen LogP contribution >= 0.6 is 0 Å². The number of hydrogen-bond donors (Lipinski definition) is 1. The lowest BCUT2D eigenvalue weighted by Gasteiger charge is -2.31. The number of amides is 1. The largest absolute Gasteiger partial charge is 0.376 e. The lowest BCUT2D eigenvalue weighted by molar-refractivity contribution is 0.0510. The molecule has 168 valence electrons. The average molecular weight is 429 g/mol. The maximum absolute atomic E-state index is 14.5. The number of carbonyl (C=O) groups is 1. The van der Waals surface area contributed by atoms with Gasteiger partial charge in [0.25, 0.3) is 5.91 Å². The van der Waals surface area contributed by atoms with Gasteiger partial charge in [-0.15, -0.1) is 0 Å². The number of fused-ring (bicyclic) bond motifs is 1. The van der Waals surface area contributed by atoms with Gasteiger partial charge in [0.05, 0.1) is 19.4 Å². The monoisotopic (exact) mass is 428 g/mol. The minimum atomic E-state index is -0.261. The summed E-state index contributed by atoms with van der Waals surface area (Å²) >= 11 is 0. The highest BCUT2D eigenvalue weighted by Gasteiger charge is 2.28. The number of nitrogens with zero attached hydrogens (tertiary/aromatic N) is 1. The van der Waals surface area contributed by atoms with Crippen molar-refractivity contribution in [1.82, 2.24) is 10.2 Å². The van der Waals surface area contributed by atoms with Crippen molar-refractivity contribution in [3.8, 4) is 0 Å². The van der Waals surface area contributed by atoms with Crippen molar-refractivity contribution in [2.24, 2.45) is 0 Å². The number of rotatable bonds is 8. The van der Waals surface area contributed by atoms with E-state index in [9.17, 15) is 9.18 Å². The topological polar surface area (TPSA) is 50.8 Å². The average Bonchev–Trinajstić information content (AvgIpc) is 3.26. The Hall–Kier alpha value is -2.28. The van der Waals surface area contributed by atoms with Gasteiger partial charge in [-0.3, -0.25) is 10.1 Å². The molecule has 4 rings (SSSR count). The number of benzene rings is 2. The molecule has 1 saturated heterocycles. The third-order valence-electron chi connectivity index (χ3n) is 6.19. The first-order valence-corrected chi connectivity index (χ1v) is 11.1. The van der Waals surface area contributed by atoms with Crippen molar-refractivity contribution in [2.75, 3.05) is 33.5 Å². The van der Waals surface area contributed by atoms with Crippen LogP contribution in [0, 0.1) is 12.7 Å². The number of hydrogen-bond acceptors (Lipinski definition) is 4. The van der Waals surface area contributed by atoms with E-state index in [0.717, 1.165) is 60.2 Å². The zero-order valence-corrected chi connectivity index (χ0v) is 18.4. The Labute approximate surface area is 185 Å². The Kier molecular flexibility index (Phi) is 7.00. The van der Waals surface area contributed by atoms with Crippen molar-refractivity contribution in [1.29, 1.82) is 0 Å². The van der Waals surface area contributed by atoms with Gasteiger partial charge in [0.1, 0.15) is 5.82 Å². The molecule has 2 aliphatic heterocycles. The Morgan fingerprint density at radius 1 is 1.29 bits per heavy atom. The highest BCUT2D eigenvalue weighted by molar-refractivity contribution is 5.97. The van der Waals surface area contributed by atoms with E-state index in [-0.39, 0.29) is 25.9 Å². The smallest absolute Gasteiger partial charge is 0.254 e. The standard InChI is InChI=1S/C25H31FN2O3.H2/c1-17-10-19-7-8-28(14-22-4-3-9-31-22)25(29)23(19)13-21(17)11-18-5-6-20(24(26)12-18)15-30-16-27-2;/h5-6,10,12-13,22,27H,3-4,7-9,11,14-16H2,1-2H3;1H. The van der Waals surface area contributed by atoms with Gasteiger partial charge in [0.2, 0.25) is 0 Å². The van der Waals surface area contributed by atoms with Crippen LogP contribution in [0.15, 0.2) is 30.3 Å². The zero-order chi connectivity index (χ0) is 21.8. The highest BCUT2D eigenvalue weighted by atomic mass is 19.1. The number of carbonyl (C=O) groups excluding carboxylic acids is 1. The van der Waals surface area contributed by atoms with Gasteiger partial charge in [0.15, 0.2) is 0 Å². The molecular formula is C25H33FN2O3. The fraction of sp³-hybridized carbons (Fsp3) is 0.480. The number of halogens is 1. The maximum atomic E-state index is 14.5. The second-order valence-corrected chi connectivity index (χ2v) is 8.52. The molecule has 2 aliphatic rings. The minimum absolute atomic E-state index is 0. The first kappa shape index (κ1) is 21.9. The van der Waals surface area contributed by atoms with Gasteiger partial charge < -0.3 is 14.4 Å². The Bertz CT molecular complexity index is 947. The molecule has 1 atom stereocenters. The van der Waals surface area contributed by atoms with Gasteiger partial charge in [0, 0.05) is 32.2 Å². The van der Waals surface area contributed by atoms with E-state index in [1.807, 2.05) is 17.0 Å². The summed E-state index contributed by atoms with van der Waals surface area (Å²) in [5.74, 6) is -0.177. The Morgan fingerprint density at radius 3 is 2.90 bits per heavy atom. The van der Waals surface area contributed by atoms with Gasteiger partial charge in [-0.2, -0.15) is 0 Å². The molecule has 0 aromatic heterocycles. The summed E-state index contributed by atoms with van der Waals surface area (Å²) in [6.07, 6.45) is 3.72. The van der Waals surface area contributed by atoms with E-state index in [1.165, 1.54) is 0 Å². The van der Waals surface area contributed by atoms with E-state index in [2.05, 4.69) is 18.3 Å². The molecule has 1 amide bonds. The minimum Gasteiger partial charge on any atom is -0.376 e. The summed E-state index contributed by atoms with van der Waals surface area (Å²) in [6.45, 7) is 4.89. The summed E-state index contributed by atoms with van der Waals surface area (Å²) in [5, 5.41) is 2.88. The third-order valence-corrected chi connectivity index (χ3v) is 6.19. The molecule has 2 heterocycles. The zero-order valence-electron chi connectivity index (χ0n) is 18.4. The molecule has 1 unspecified atom stereocenters. The second-order valence-electron chi connectivity index (χ2n) is 8.52.